The van der Waals surface area contributed by atoms with Crippen molar-refractivity contribution < 1.29 is 9.53 Å². The Morgan fingerprint density at radius 1 is 1.09 bits per heavy atom. The Morgan fingerprint density at radius 2 is 1.91 bits per heavy atom. The number of rotatable bonds is 9. The van der Waals surface area contributed by atoms with Gasteiger partial charge in [-0.2, -0.15) is 0 Å². The lowest BCUT2D eigenvalue weighted by atomic mass is 10.1. The number of carbonyl (C=O) groups excluding carboxylic acids is 1. The van der Waals surface area contributed by atoms with Crippen molar-refractivity contribution in [2.45, 2.75) is 18.8 Å². The first-order valence-electron chi connectivity index (χ1n) is 10.5. The van der Waals surface area contributed by atoms with E-state index in [4.69, 9.17) is 4.74 Å². The van der Waals surface area contributed by atoms with Crippen LogP contribution < -0.4 is 15.4 Å². The van der Waals surface area contributed by atoms with E-state index in [1.165, 1.54) is 30.8 Å². The van der Waals surface area contributed by atoms with Crippen molar-refractivity contribution in [1.29, 1.82) is 0 Å². The molecule has 1 fully saturated rings. The molecule has 164 valence electrons. The predicted octanol–water partition coefficient (Wildman–Crippen LogP) is 4.34. The van der Waals surface area contributed by atoms with Gasteiger partial charge in [0.2, 0.25) is 11.8 Å². The van der Waals surface area contributed by atoms with Crippen molar-refractivity contribution in [3.63, 3.8) is 0 Å². The van der Waals surface area contributed by atoms with Gasteiger partial charge in [0.25, 0.3) is 0 Å². The molecular formula is C24H26N6O2. The summed E-state index contributed by atoms with van der Waals surface area (Å²) in [4.78, 5) is 26.9. The third kappa shape index (κ3) is 6.36. The van der Waals surface area contributed by atoms with Crippen LogP contribution in [0.5, 0.6) is 11.6 Å². The SMILES string of the molecule is CN(C)C/C=C/C(=O)Nc1cccc(Nc2cc(Oc3cccc(C4CC4)c3)ncn2)n1. The molecule has 0 radical (unpaired) electrons. The number of ether oxygens (including phenoxy) is 1. The summed E-state index contributed by atoms with van der Waals surface area (Å²) in [6.45, 7) is 0.686. The summed E-state index contributed by atoms with van der Waals surface area (Å²) in [6, 6.07) is 15.1. The number of nitrogens with one attached hydrogen (secondary N) is 2. The van der Waals surface area contributed by atoms with E-state index in [0.29, 0.717) is 35.8 Å². The molecule has 0 bridgehead atoms. The van der Waals surface area contributed by atoms with Gasteiger partial charge in [0.05, 0.1) is 0 Å². The molecule has 0 atom stereocenters. The van der Waals surface area contributed by atoms with Crippen LogP contribution in [0.25, 0.3) is 0 Å². The molecule has 8 nitrogen and oxygen atoms in total. The predicted molar refractivity (Wildman–Crippen MR) is 124 cm³/mol. The Labute approximate surface area is 187 Å². The van der Waals surface area contributed by atoms with Crippen LogP contribution in [-0.4, -0.2) is 46.4 Å². The summed E-state index contributed by atoms with van der Waals surface area (Å²) in [6.07, 6.45) is 7.20. The maximum absolute atomic E-state index is 12.0. The molecule has 2 aromatic heterocycles. The zero-order chi connectivity index (χ0) is 22.3. The minimum Gasteiger partial charge on any atom is -0.439 e. The summed E-state index contributed by atoms with van der Waals surface area (Å²) < 4.78 is 5.93. The third-order valence-corrected chi connectivity index (χ3v) is 4.77. The first-order valence-corrected chi connectivity index (χ1v) is 10.5. The van der Waals surface area contributed by atoms with Crippen LogP contribution in [0.2, 0.25) is 0 Å². The van der Waals surface area contributed by atoms with Crippen molar-refractivity contribution >= 4 is 23.4 Å². The highest BCUT2D eigenvalue weighted by Crippen LogP contribution is 2.41. The molecule has 1 aliphatic rings. The maximum atomic E-state index is 12.0. The number of hydrogen-bond donors (Lipinski definition) is 2. The Balaban J connectivity index is 1.39. The van der Waals surface area contributed by atoms with E-state index in [0.717, 1.165) is 5.75 Å². The molecule has 1 aliphatic carbocycles. The summed E-state index contributed by atoms with van der Waals surface area (Å²) in [5, 5.41) is 5.88. The van der Waals surface area contributed by atoms with Gasteiger partial charge >= 0.3 is 0 Å². The molecule has 2 N–H and O–H groups in total. The molecule has 0 unspecified atom stereocenters. The van der Waals surface area contributed by atoms with Crippen LogP contribution in [0.3, 0.4) is 0 Å². The third-order valence-electron chi connectivity index (χ3n) is 4.77. The quantitative estimate of drug-likeness (QED) is 0.488. The number of anilines is 3. The van der Waals surface area contributed by atoms with E-state index < -0.39 is 0 Å². The number of carbonyl (C=O) groups is 1. The Morgan fingerprint density at radius 3 is 2.72 bits per heavy atom. The molecule has 0 saturated heterocycles. The van der Waals surface area contributed by atoms with Crippen molar-refractivity contribution in [2.24, 2.45) is 0 Å². The van der Waals surface area contributed by atoms with Crippen molar-refractivity contribution in [1.82, 2.24) is 19.9 Å². The van der Waals surface area contributed by atoms with E-state index in [9.17, 15) is 4.79 Å². The van der Waals surface area contributed by atoms with Crippen LogP contribution in [0.1, 0.15) is 24.3 Å². The van der Waals surface area contributed by atoms with Crippen LogP contribution in [0.4, 0.5) is 17.5 Å². The first-order chi connectivity index (χ1) is 15.5. The van der Waals surface area contributed by atoms with Crippen molar-refractivity contribution in [3.8, 4) is 11.6 Å². The fourth-order valence-corrected chi connectivity index (χ4v) is 3.08. The highest BCUT2D eigenvalue weighted by Gasteiger charge is 2.23. The van der Waals surface area contributed by atoms with Gasteiger partial charge in [0, 0.05) is 18.7 Å². The minimum atomic E-state index is -0.234. The summed E-state index contributed by atoms with van der Waals surface area (Å²) in [7, 11) is 3.88. The van der Waals surface area contributed by atoms with Gasteiger partial charge in [-0.25, -0.2) is 15.0 Å². The van der Waals surface area contributed by atoms with Crippen LogP contribution >= 0.6 is 0 Å². The van der Waals surface area contributed by atoms with Gasteiger partial charge in [-0.1, -0.05) is 24.3 Å². The Kier molecular flexibility index (Phi) is 6.72. The van der Waals surface area contributed by atoms with E-state index in [1.807, 2.05) is 31.1 Å². The average Bonchev–Trinajstić information content (AvgIpc) is 3.60. The lowest BCUT2D eigenvalue weighted by Gasteiger charge is -2.09. The molecule has 8 heteroatoms. The van der Waals surface area contributed by atoms with E-state index in [-0.39, 0.29) is 5.91 Å². The maximum Gasteiger partial charge on any atom is 0.249 e. The number of amides is 1. The molecule has 2 heterocycles. The average molecular weight is 431 g/mol. The molecule has 4 rings (SSSR count). The number of aromatic nitrogens is 3. The lowest BCUT2D eigenvalue weighted by Crippen LogP contribution is -2.13. The first kappa shape index (κ1) is 21.5. The highest BCUT2D eigenvalue weighted by atomic mass is 16.5. The fourth-order valence-electron chi connectivity index (χ4n) is 3.08. The number of nitrogens with zero attached hydrogens (tertiary/aromatic N) is 4. The smallest absolute Gasteiger partial charge is 0.249 e. The Hall–Kier alpha value is -3.78. The zero-order valence-corrected chi connectivity index (χ0v) is 18.2. The van der Waals surface area contributed by atoms with Gasteiger partial charge in [-0.3, -0.25) is 4.79 Å². The fraction of sp³-hybridized carbons (Fsp3) is 0.250. The number of hydrogen-bond acceptors (Lipinski definition) is 7. The van der Waals surface area contributed by atoms with Gasteiger partial charge < -0.3 is 20.3 Å². The lowest BCUT2D eigenvalue weighted by molar-refractivity contribution is -0.111. The molecule has 32 heavy (non-hydrogen) atoms. The summed E-state index contributed by atoms with van der Waals surface area (Å²) >= 11 is 0. The monoisotopic (exact) mass is 430 g/mol. The summed E-state index contributed by atoms with van der Waals surface area (Å²) in [5.41, 5.74) is 1.30. The van der Waals surface area contributed by atoms with Crippen LogP contribution in [-0.2, 0) is 4.79 Å². The van der Waals surface area contributed by atoms with Gasteiger partial charge in [0.15, 0.2) is 0 Å². The second-order valence-corrected chi connectivity index (χ2v) is 7.88. The van der Waals surface area contributed by atoms with Crippen molar-refractivity contribution in [3.05, 3.63) is 72.6 Å². The number of benzene rings is 1. The highest BCUT2D eigenvalue weighted by molar-refractivity contribution is 5.98. The van der Waals surface area contributed by atoms with Crippen LogP contribution in [0.15, 0.2) is 67.0 Å². The van der Waals surface area contributed by atoms with Gasteiger partial charge in [-0.15, -0.1) is 0 Å². The molecule has 0 spiro atoms. The van der Waals surface area contributed by atoms with E-state index >= 15 is 0 Å². The second kappa shape index (κ2) is 10.0. The van der Waals surface area contributed by atoms with Crippen molar-refractivity contribution in [2.75, 3.05) is 31.3 Å². The van der Waals surface area contributed by atoms with Gasteiger partial charge in [0.1, 0.15) is 29.5 Å². The van der Waals surface area contributed by atoms with E-state index in [1.54, 1.807) is 30.3 Å². The number of likely N-dealkylation sites (N-methyl/N-ethyl adjacent to an activating group) is 1. The zero-order valence-electron chi connectivity index (χ0n) is 18.2. The molecule has 1 saturated carbocycles. The molecule has 1 aromatic carbocycles. The number of pyridine rings is 1. The minimum absolute atomic E-state index is 0.234. The topological polar surface area (TPSA) is 92.3 Å². The molecule has 0 aliphatic heterocycles. The van der Waals surface area contributed by atoms with Gasteiger partial charge in [-0.05, 0) is 62.7 Å². The Bertz CT molecular complexity index is 1110. The largest absolute Gasteiger partial charge is 0.439 e. The standard InChI is InChI=1S/C24H26N6O2/c1-30(2)13-5-10-23(31)29-21-9-4-8-20(27-21)28-22-15-24(26-16-25-22)32-19-7-3-6-18(14-19)17-11-12-17/h3-10,14-17H,11-13H2,1-2H3,(H2,25,26,27,28,29,31)/b10-5+. The van der Waals surface area contributed by atoms with Crippen LogP contribution in [0, 0.1) is 0 Å². The molecular weight excluding hydrogens is 404 g/mol. The second-order valence-electron chi connectivity index (χ2n) is 7.88. The molecule has 1 amide bonds. The normalized spacial score (nSPS) is 13.3. The molecule has 3 aromatic rings. The summed E-state index contributed by atoms with van der Waals surface area (Å²) in [5.74, 6) is 3.13. The van der Waals surface area contributed by atoms with E-state index in [2.05, 4.69) is 37.7 Å².